The lowest BCUT2D eigenvalue weighted by Gasteiger charge is -2.19. The molecule has 1 saturated heterocycles. The van der Waals surface area contributed by atoms with Gasteiger partial charge in [-0.2, -0.15) is 0 Å². The van der Waals surface area contributed by atoms with E-state index in [1.54, 1.807) is 0 Å². The Labute approximate surface area is 101 Å². The van der Waals surface area contributed by atoms with Crippen LogP contribution in [-0.2, 0) is 0 Å². The van der Waals surface area contributed by atoms with E-state index in [9.17, 15) is 18.0 Å². The molecular weight excluding hydrogens is 249 g/mol. The predicted octanol–water partition coefficient (Wildman–Crippen LogP) is 1.43. The van der Waals surface area contributed by atoms with Gasteiger partial charge in [-0.3, -0.25) is 0 Å². The fraction of sp³-hybridized carbons (Fsp3) is 0.364. The van der Waals surface area contributed by atoms with Crippen LogP contribution in [-0.4, -0.2) is 30.3 Å². The first kappa shape index (κ1) is 12.7. The highest BCUT2D eigenvalue weighted by Gasteiger charge is 2.32. The topological polar surface area (TPSA) is 61.4 Å². The van der Waals surface area contributed by atoms with Crippen molar-refractivity contribution in [2.75, 3.05) is 13.1 Å². The summed E-state index contributed by atoms with van der Waals surface area (Å²) >= 11 is 0. The second-order valence-corrected chi connectivity index (χ2v) is 4.11. The third kappa shape index (κ3) is 2.40. The van der Waals surface area contributed by atoms with E-state index in [-0.39, 0.29) is 5.56 Å². The van der Waals surface area contributed by atoms with Crippen molar-refractivity contribution in [1.29, 1.82) is 0 Å². The van der Waals surface area contributed by atoms with E-state index in [0.717, 1.165) is 6.07 Å². The van der Waals surface area contributed by atoms with Gasteiger partial charge in [-0.1, -0.05) is 0 Å². The van der Waals surface area contributed by atoms with Crippen molar-refractivity contribution in [3.63, 3.8) is 0 Å². The van der Waals surface area contributed by atoms with Crippen LogP contribution >= 0.6 is 0 Å². The van der Waals surface area contributed by atoms with Crippen LogP contribution in [0.1, 0.15) is 11.5 Å². The zero-order valence-electron chi connectivity index (χ0n) is 9.21. The Morgan fingerprint density at radius 3 is 2.56 bits per heavy atom. The maximum absolute atomic E-state index is 13.6. The third-order valence-electron chi connectivity index (χ3n) is 2.96. The molecule has 0 unspecified atom stereocenters. The summed E-state index contributed by atoms with van der Waals surface area (Å²) in [6.45, 7) is 0.613. The maximum Gasteiger partial charge on any atom is 0.404 e. The summed E-state index contributed by atoms with van der Waals surface area (Å²) in [6, 6.07) is 0.682. The molecule has 4 nitrogen and oxygen atoms in total. The van der Waals surface area contributed by atoms with Crippen LogP contribution in [0.4, 0.5) is 18.0 Å². The molecule has 1 heterocycles. The Kier molecular flexibility index (Phi) is 3.42. The number of rotatable bonds is 2. The van der Waals surface area contributed by atoms with E-state index in [1.807, 2.05) is 0 Å². The zero-order chi connectivity index (χ0) is 13.3. The minimum absolute atomic E-state index is 0.0300. The van der Waals surface area contributed by atoms with Crippen molar-refractivity contribution < 1.29 is 23.1 Å². The molecule has 1 aliphatic rings. The number of amides is 1. The second-order valence-electron chi connectivity index (χ2n) is 4.11. The molecule has 1 aromatic carbocycles. The summed E-state index contributed by atoms with van der Waals surface area (Å²) in [7, 11) is 0. The molecule has 1 amide bonds. The van der Waals surface area contributed by atoms with Gasteiger partial charge < -0.3 is 15.7 Å². The first-order valence-electron chi connectivity index (χ1n) is 5.33. The molecule has 7 heteroatoms. The lowest BCUT2D eigenvalue weighted by atomic mass is 9.93. The molecular formula is C11H11F3N2O2. The van der Waals surface area contributed by atoms with Crippen LogP contribution in [0.25, 0.3) is 0 Å². The van der Waals surface area contributed by atoms with Crippen LogP contribution in [0.5, 0.6) is 0 Å². The number of carbonyl (C=O) groups is 1. The van der Waals surface area contributed by atoms with Gasteiger partial charge in [-0.05, 0) is 11.6 Å². The largest absolute Gasteiger partial charge is 0.465 e. The van der Waals surface area contributed by atoms with Gasteiger partial charge in [0, 0.05) is 25.1 Å². The number of benzene rings is 1. The highest BCUT2D eigenvalue weighted by molar-refractivity contribution is 5.65. The van der Waals surface area contributed by atoms with Crippen LogP contribution in [0, 0.1) is 17.5 Å². The standard InChI is InChI=1S/C11H11F3N2O2/c12-7-2-9(14)8(13)1-5(7)6-3-15-4-10(6)16-11(17)18/h1-2,6,10,15-16H,3-4H2,(H,17,18)/t6-,10+/m1/s1. The van der Waals surface area contributed by atoms with Crippen molar-refractivity contribution in [3.8, 4) is 0 Å². The van der Waals surface area contributed by atoms with Crippen LogP contribution in [0.15, 0.2) is 12.1 Å². The monoisotopic (exact) mass is 260 g/mol. The second kappa shape index (κ2) is 4.85. The van der Waals surface area contributed by atoms with Crippen molar-refractivity contribution in [2.24, 2.45) is 0 Å². The van der Waals surface area contributed by atoms with E-state index in [1.165, 1.54) is 0 Å². The van der Waals surface area contributed by atoms with Gasteiger partial charge in [0.15, 0.2) is 11.6 Å². The zero-order valence-corrected chi connectivity index (χ0v) is 9.21. The summed E-state index contributed by atoms with van der Waals surface area (Å²) in [5.41, 5.74) is -0.0300. The lowest BCUT2D eigenvalue weighted by molar-refractivity contribution is 0.189. The number of hydrogen-bond donors (Lipinski definition) is 3. The Balaban J connectivity index is 2.30. The van der Waals surface area contributed by atoms with Crippen molar-refractivity contribution in [2.45, 2.75) is 12.0 Å². The highest BCUT2D eigenvalue weighted by atomic mass is 19.2. The van der Waals surface area contributed by atoms with Gasteiger partial charge in [0.2, 0.25) is 0 Å². The number of halogens is 3. The Hall–Kier alpha value is -1.76. The molecule has 0 bridgehead atoms. The summed E-state index contributed by atoms with van der Waals surface area (Å²) in [5, 5.41) is 13.7. The van der Waals surface area contributed by atoms with Gasteiger partial charge in [0.1, 0.15) is 5.82 Å². The molecule has 0 spiro atoms. The molecule has 0 saturated carbocycles. The van der Waals surface area contributed by atoms with E-state index in [4.69, 9.17) is 5.11 Å². The normalized spacial score (nSPS) is 23.1. The molecule has 1 fully saturated rings. The number of hydrogen-bond acceptors (Lipinski definition) is 2. The fourth-order valence-corrected chi connectivity index (χ4v) is 2.14. The Morgan fingerprint density at radius 2 is 1.89 bits per heavy atom. The van der Waals surface area contributed by atoms with Crippen molar-refractivity contribution >= 4 is 6.09 Å². The van der Waals surface area contributed by atoms with Gasteiger partial charge >= 0.3 is 6.09 Å². The minimum Gasteiger partial charge on any atom is -0.465 e. The molecule has 2 rings (SSSR count). The van der Waals surface area contributed by atoms with E-state index in [0.29, 0.717) is 19.2 Å². The molecule has 2 atom stereocenters. The van der Waals surface area contributed by atoms with Crippen molar-refractivity contribution in [1.82, 2.24) is 10.6 Å². The third-order valence-corrected chi connectivity index (χ3v) is 2.96. The minimum atomic E-state index is -1.26. The average molecular weight is 260 g/mol. The SMILES string of the molecule is O=C(O)N[C@H]1CNC[C@@H]1c1cc(F)c(F)cc1F. The highest BCUT2D eigenvalue weighted by Crippen LogP contribution is 2.27. The summed E-state index contributed by atoms with van der Waals surface area (Å²) < 4.78 is 39.5. The fourth-order valence-electron chi connectivity index (χ4n) is 2.14. The van der Waals surface area contributed by atoms with Crippen LogP contribution < -0.4 is 10.6 Å². The van der Waals surface area contributed by atoms with E-state index >= 15 is 0 Å². The number of nitrogens with one attached hydrogen (secondary N) is 2. The first-order valence-corrected chi connectivity index (χ1v) is 5.33. The van der Waals surface area contributed by atoms with E-state index in [2.05, 4.69) is 10.6 Å². The lowest BCUT2D eigenvalue weighted by Crippen LogP contribution is -2.38. The Morgan fingerprint density at radius 1 is 1.22 bits per heavy atom. The summed E-state index contributed by atoms with van der Waals surface area (Å²) in [5.74, 6) is -3.84. The first-order chi connectivity index (χ1) is 8.49. The van der Waals surface area contributed by atoms with Gasteiger partial charge in [0.05, 0.1) is 6.04 Å². The van der Waals surface area contributed by atoms with Gasteiger partial charge in [0.25, 0.3) is 0 Å². The van der Waals surface area contributed by atoms with Crippen LogP contribution in [0.3, 0.4) is 0 Å². The molecule has 98 valence electrons. The molecule has 0 aliphatic carbocycles. The van der Waals surface area contributed by atoms with Gasteiger partial charge in [-0.25, -0.2) is 18.0 Å². The van der Waals surface area contributed by atoms with Gasteiger partial charge in [-0.15, -0.1) is 0 Å². The van der Waals surface area contributed by atoms with E-state index < -0.39 is 35.5 Å². The predicted molar refractivity (Wildman–Crippen MR) is 56.9 cm³/mol. The molecule has 18 heavy (non-hydrogen) atoms. The summed E-state index contributed by atoms with van der Waals surface area (Å²) in [6.07, 6.45) is -1.24. The molecule has 1 aliphatic heterocycles. The van der Waals surface area contributed by atoms with Crippen molar-refractivity contribution in [3.05, 3.63) is 35.1 Å². The summed E-state index contributed by atoms with van der Waals surface area (Å²) in [4.78, 5) is 10.6. The number of carboxylic acid groups (broad SMARTS) is 1. The molecule has 1 aromatic rings. The average Bonchev–Trinajstić information content (AvgIpc) is 2.70. The molecule has 0 radical (unpaired) electrons. The maximum atomic E-state index is 13.6. The quantitative estimate of drug-likeness (QED) is 0.705. The van der Waals surface area contributed by atoms with Crippen LogP contribution in [0.2, 0.25) is 0 Å². The Bertz CT molecular complexity index is 482. The smallest absolute Gasteiger partial charge is 0.404 e. The molecule has 3 N–H and O–H groups in total. The molecule has 0 aromatic heterocycles.